The molecule has 0 unspecified atom stereocenters. The first kappa shape index (κ1) is 10.9. The molecule has 1 aliphatic rings. The summed E-state index contributed by atoms with van der Waals surface area (Å²) in [7, 11) is 0. The highest BCUT2D eigenvalue weighted by atomic mass is 19.1. The molecule has 0 aromatic heterocycles. The molecule has 0 amide bonds. The summed E-state index contributed by atoms with van der Waals surface area (Å²) in [6, 6.07) is 5.95. The number of hydrogen-bond donors (Lipinski definition) is 0. The van der Waals surface area contributed by atoms with Gasteiger partial charge in [0, 0.05) is 18.9 Å². The highest BCUT2D eigenvalue weighted by Crippen LogP contribution is 2.20. The van der Waals surface area contributed by atoms with Crippen LogP contribution in [0.1, 0.15) is 18.4 Å². The molecule has 0 N–H and O–H groups in total. The quantitative estimate of drug-likeness (QED) is 0.769. The van der Waals surface area contributed by atoms with Crippen molar-refractivity contribution < 1.29 is 13.9 Å². The van der Waals surface area contributed by atoms with Crippen LogP contribution < -0.4 is 4.74 Å². The monoisotopic (exact) mass is 221 g/mol. The van der Waals surface area contributed by atoms with E-state index in [2.05, 4.69) is 0 Å². The fourth-order valence-electron chi connectivity index (χ4n) is 1.68. The maximum atomic E-state index is 13.1. The Balaban J connectivity index is 2.08. The van der Waals surface area contributed by atoms with Crippen LogP contribution in [0, 0.1) is 17.1 Å². The molecular weight excluding hydrogens is 209 g/mol. The predicted molar refractivity (Wildman–Crippen MR) is 55.6 cm³/mol. The standard InChI is InChI=1S/C12H12FNO2/c13-10-5-9(8-14)6-12(7-10)16-11-1-3-15-4-2-11/h5-7,11H,1-4H2. The molecule has 1 saturated heterocycles. The zero-order chi connectivity index (χ0) is 11.4. The summed E-state index contributed by atoms with van der Waals surface area (Å²) in [6.45, 7) is 1.34. The molecule has 1 aromatic rings. The smallest absolute Gasteiger partial charge is 0.128 e. The largest absolute Gasteiger partial charge is 0.490 e. The van der Waals surface area contributed by atoms with E-state index in [-0.39, 0.29) is 11.7 Å². The maximum absolute atomic E-state index is 13.1. The van der Waals surface area contributed by atoms with Crippen molar-refractivity contribution in [2.24, 2.45) is 0 Å². The zero-order valence-corrected chi connectivity index (χ0v) is 8.78. The van der Waals surface area contributed by atoms with Gasteiger partial charge in [-0.2, -0.15) is 5.26 Å². The number of halogens is 1. The topological polar surface area (TPSA) is 42.2 Å². The molecule has 1 aliphatic heterocycles. The number of hydrogen-bond acceptors (Lipinski definition) is 3. The summed E-state index contributed by atoms with van der Waals surface area (Å²) >= 11 is 0. The summed E-state index contributed by atoms with van der Waals surface area (Å²) in [6.07, 6.45) is 1.67. The maximum Gasteiger partial charge on any atom is 0.128 e. The Morgan fingerprint density at radius 2 is 2.06 bits per heavy atom. The van der Waals surface area contributed by atoms with Crippen LogP contribution in [0.15, 0.2) is 18.2 Å². The van der Waals surface area contributed by atoms with Gasteiger partial charge in [-0.3, -0.25) is 0 Å². The van der Waals surface area contributed by atoms with E-state index >= 15 is 0 Å². The van der Waals surface area contributed by atoms with Crippen LogP contribution in [0.2, 0.25) is 0 Å². The van der Waals surface area contributed by atoms with Crippen molar-refractivity contribution in [3.05, 3.63) is 29.6 Å². The molecule has 84 valence electrons. The van der Waals surface area contributed by atoms with Crippen molar-refractivity contribution in [1.82, 2.24) is 0 Å². The molecule has 0 atom stereocenters. The van der Waals surface area contributed by atoms with Crippen LogP contribution in [0.3, 0.4) is 0 Å². The molecule has 0 saturated carbocycles. The summed E-state index contributed by atoms with van der Waals surface area (Å²) in [5, 5.41) is 8.70. The number of benzene rings is 1. The Kier molecular flexibility index (Phi) is 3.37. The lowest BCUT2D eigenvalue weighted by Crippen LogP contribution is -2.25. The van der Waals surface area contributed by atoms with Crippen molar-refractivity contribution >= 4 is 0 Å². The van der Waals surface area contributed by atoms with Gasteiger partial charge in [-0.25, -0.2) is 4.39 Å². The van der Waals surface area contributed by atoms with Gasteiger partial charge in [0.05, 0.1) is 24.8 Å². The van der Waals surface area contributed by atoms with Gasteiger partial charge >= 0.3 is 0 Å². The van der Waals surface area contributed by atoms with Crippen LogP contribution in [-0.2, 0) is 4.74 Å². The number of rotatable bonds is 2. The minimum Gasteiger partial charge on any atom is -0.490 e. The fraction of sp³-hybridized carbons (Fsp3) is 0.417. The highest BCUT2D eigenvalue weighted by Gasteiger charge is 2.15. The average Bonchev–Trinajstić information content (AvgIpc) is 2.29. The van der Waals surface area contributed by atoms with Crippen LogP contribution in [0.25, 0.3) is 0 Å². The molecule has 0 radical (unpaired) electrons. The first-order valence-electron chi connectivity index (χ1n) is 5.23. The lowest BCUT2D eigenvalue weighted by molar-refractivity contribution is 0.0254. The SMILES string of the molecule is N#Cc1cc(F)cc(OC2CCOCC2)c1. The van der Waals surface area contributed by atoms with E-state index in [4.69, 9.17) is 14.7 Å². The Labute approximate surface area is 93.4 Å². The first-order valence-corrected chi connectivity index (χ1v) is 5.23. The van der Waals surface area contributed by atoms with Gasteiger partial charge in [0.15, 0.2) is 0 Å². The summed E-state index contributed by atoms with van der Waals surface area (Å²) in [4.78, 5) is 0. The molecule has 1 aromatic carbocycles. The zero-order valence-electron chi connectivity index (χ0n) is 8.78. The van der Waals surface area contributed by atoms with Gasteiger partial charge in [0.2, 0.25) is 0 Å². The van der Waals surface area contributed by atoms with Crippen molar-refractivity contribution in [1.29, 1.82) is 5.26 Å². The minimum absolute atomic E-state index is 0.0575. The molecule has 1 fully saturated rings. The van der Waals surface area contributed by atoms with E-state index in [1.807, 2.05) is 6.07 Å². The third-order valence-electron chi connectivity index (χ3n) is 2.47. The molecule has 2 rings (SSSR count). The van der Waals surface area contributed by atoms with Crippen LogP contribution >= 0.6 is 0 Å². The Bertz CT molecular complexity index is 408. The van der Waals surface area contributed by atoms with Crippen molar-refractivity contribution in [3.63, 3.8) is 0 Å². The lowest BCUT2D eigenvalue weighted by Gasteiger charge is -2.23. The Hall–Kier alpha value is -1.60. The normalized spacial score (nSPS) is 16.8. The summed E-state index contributed by atoms with van der Waals surface area (Å²) in [5.74, 6) is -0.0236. The van der Waals surface area contributed by atoms with E-state index in [1.54, 1.807) is 6.07 Å². The van der Waals surface area contributed by atoms with E-state index < -0.39 is 5.82 Å². The molecule has 1 heterocycles. The molecular formula is C12H12FNO2. The summed E-state index contributed by atoms with van der Waals surface area (Å²) in [5.41, 5.74) is 0.280. The van der Waals surface area contributed by atoms with Gasteiger partial charge in [-0.05, 0) is 12.1 Å². The molecule has 0 spiro atoms. The Morgan fingerprint density at radius 3 is 2.75 bits per heavy atom. The second-order valence-electron chi connectivity index (χ2n) is 3.72. The number of ether oxygens (including phenoxy) is 2. The van der Waals surface area contributed by atoms with Crippen molar-refractivity contribution in [2.75, 3.05) is 13.2 Å². The molecule has 0 aliphatic carbocycles. The molecule has 16 heavy (non-hydrogen) atoms. The first-order chi connectivity index (χ1) is 7.78. The van der Waals surface area contributed by atoms with E-state index in [1.165, 1.54) is 12.1 Å². The molecule has 4 heteroatoms. The average molecular weight is 221 g/mol. The second-order valence-corrected chi connectivity index (χ2v) is 3.72. The van der Waals surface area contributed by atoms with Gasteiger partial charge in [0.25, 0.3) is 0 Å². The third-order valence-corrected chi connectivity index (χ3v) is 2.47. The highest BCUT2D eigenvalue weighted by molar-refractivity contribution is 5.37. The summed E-state index contributed by atoms with van der Waals surface area (Å²) < 4.78 is 23.9. The van der Waals surface area contributed by atoms with E-state index in [0.29, 0.717) is 19.0 Å². The predicted octanol–water partition coefficient (Wildman–Crippen LogP) is 2.26. The molecule has 0 bridgehead atoms. The lowest BCUT2D eigenvalue weighted by atomic mass is 10.1. The third kappa shape index (κ3) is 2.71. The van der Waals surface area contributed by atoms with Crippen LogP contribution in [-0.4, -0.2) is 19.3 Å². The van der Waals surface area contributed by atoms with E-state index in [0.717, 1.165) is 12.8 Å². The van der Waals surface area contributed by atoms with Gasteiger partial charge in [-0.15, -0.1) is 0 Å². The van der Waals surface area contributed by atoms with Gasteiger partial charge < -0.3 is 9.47 Å². The fourth-order valence-corrected chi connectivity index (χ4v) is 1.68. The van der Waals surface area contributed by atoms with Gasteiger partial charge in [-0.1, -0.05) is 0 Å². The number of nitrogens with zero attached hydrogens (tertiary/aromatic N) is 1. The van der Waals surface area contributed by atoms with Crippen LogP contribution in [0.5, 0.6) is 5.75 Å². The minimum atomic E-state index is -0.443. The van der Waals surface area contributed by atoms with Crippen LogP contribution in [0.4, 0.5) is 4.39 Å². The second kappa shape index (κ2) is 4.95. The van der Waals surface area contributed by atoms with E-state index in [9.17, 15) is 4.39 Å². The van der Waals surface area contributed by atoms with Crippen molar-refractivity contribution in [3.8, 4) is 11.8 Å². The molecule has 3 nitrogen and oxygen atoms in total. The van der Waals surface area contributed by atoms with Crippen molar-refractivity contribution in [2.45, 2.75) is 18.9 Å². The van der Waals surface area contributed by atoms with Gasteiger partial charge in [0.1, 0.15) is 17.7 Å². The Morgan fingerprint density at radius 1 is 1.31 bits per heavy atom. The number of nitriles is 1.